The zero-order chi connectivity index (χ0) is 20.6. The molecule has 160 valence electrons. The van der Waals surface area contributed by atoms with Gasteiger partial charge < -0.3 is 20.1 Å². The Morgan fingerprint density at radius 1 is 0.750 bits per heavy atom. The molecule has 2 N–H and O–H groups in total. The molecule has 0 aromatic rings. The van der Waals surface area contributed by atoms with Crippen LogP contribution in [-0.4, -0.2) is 49.3 Å². The molecule has 2 fully saturated rings. The van der Waals surface area contributed by atoms with E-state index in [1.54, 1.807) is 12.2 Å². The van der Waals surface area contributed by atoms with E-state index in [-0.39, 0.29) is 24.8 Å². The maximum absolute atomic E-state index is 12.2. The summed E-state index contributed by atoms with van der Waals surface area (Å²) in [5.41, 5.74) is -0.907. The average molecular weight is 395 g/mol. The number of rotatable bonds is 8. The molecule has 0 radical (unpaired) electrons. The standard InChI is InChI=1S/C22H38N2O4/c1-21(2,17-9-13-23-14-10-17)27-19(25)7-5-6-8-20(26)28-22(3,4)18-11-15-24-16-12-18/h5-6,17-18,23-24H,7-16H2,1-4H3/b6-5+. The fraction of sp³-hybridized carbons (Fsp3) is 0.818. The minimum atomic E-state index is -0.454. The molecule has 6 heteroatoms. The number of hydrogen-bond acceptors (Lipinski definition) is 6. The highest BCUT2D eigenvalue weighted by molar-refractivity contribution is 5.73. The highest BCUT2D eigenvalue weighted by Crippen LogP contribution is 2.30. The van der Waals surface area contributed by atoms with Crippen molar-refractivity contribution in [3.05, 3.63) is 12.2 Å². The second-order valence-electron chi connectivity index (χ2n) is 9.08. The normalized spacial score (nSPS) is 20.3. The maximum Gasteiger partial charge on any atom is 0.310 e. The van der Waals surface area contributed by atoms with E-state index in [0.717, 1.165) is 51.9 Å². The summed E-state index contributed by atoms with van der Waals surface area (Å²) in [6, 6.07) is 0. The van der Waals surface area contributed by atoms with Crippen molar-refractivity contribution in [2.24, 2.45) is 11.8 Å². The summed E-state index contributed by atoms with van der Waals surface area (Å²) >= 11 is 0. The van der Waals surface area contributed by atoms with E-state index >= 15 is 0 Å². The number of hydrogen-bond donors (Lipinski definition) is 2. The highest BCUT2D eigenvalue weighted by Gasteiger charge is 2.34. The van der Waals surface area contributed by atoms with Gasteiger partial charge in [-0.2, -0.15) is 0 Å². The van der Waals surface area contributed by atoms with Crippen LogP contribution in [0.4, 0.5) is 0 Å². The number of ether oxygens (including phenoxy) is 2. The lowest BCUT2D eigenvalue weighted by Gasteiger charge is -2.36. The van der Waals surface area contributed by atoms with Gasteiger partial charge in [0.15, 0.2) is 0 Å². The van der Waals surface area contributed by atoms with Gasteiger partial charge in [0.25, 0.3) is 0 Å². The van der Waals surface area contributed by atoms with Crippen molar-refractivity contribution >= 4 is 11.9 Å². The molecular weight excluding hydrogens is 356 g/mol. The summed E-state index contributed by atoms with van der Waals surface area (Å²) in [7, 11) is 0. The lowest BCUT2D eigenvalue weighted by atomic mass is 9.83. The molecule has 0 atom stereocenters. The van der Waals surface area contributed by atoms with Crippen LogP contribution in [0.1, 0.15) is 66.2 Å². The molecule has 0 saturated carbocycles. The minimum absolute atomic E-state index is 0.180. The Labute approximate surface area is 169 Å². The summed E-state index contributed by atoms with van der Waals surface area (Å²) in [5.74, 6) is 0.272. The van der Waals surface area contributed by atoms with Gasteiger partial charge in [-0.1, -0.05) is 12.2 Å². The van der Waals surface area contributed by atoms with E-state index in [1.165, 1.54) is 0 Å². The van der Waals surface area contributed by atoms with Crippen LogP contribution in [0.15, 0.2) is 12.2 Å². The van der Waals surface area contributed by atoms with Gasteiger partial charge in [0.1, 0.15) is 11.2 Å². The highest BCUT2D eigenvalue weighted by atomic mass is 16.6. The fourth-order valence-corrected chi connectivity index (χ4v) is 4.23. The van der Waals surface area contributed by atoms with Crippen molar-refractivity contribution in [1.82, 2.24) is 10.6 Å². The third kappa shape index (κ3) is 7.21. The first kappa shape index (κ1) is 22.9. The Morgan fingerprint density at radius 3 is 1.39 bits per heavy atom. The Bertz CT molecular complexity index is 497. The number of esters is 2. The predicted molar refractivity (Wildman–Crippen MR) is 110 cm³/mol. The van der Waals surface area contributed by atoms with Gasteiger partial charge in [0.05, 0.1) is 12.8 Å². The first-order valence-electron chi connectivity index (χ1n) is 10.7. The summed E-state index contributed by atoms with van der Waals surface area (Å²) in [4.78, 5) is 24.3. The number of nitrogens with one attached hydrogen (secondary N) is 2. The molecule has 0 unspecified atom stereocenters. The van der Waals surface area contributed by atoms with Crippen molar-refractivity contribution in [1.29, 1.82) is 0 Å². The van der Waals surface area contributed by atoms with E-state index in [1.807, 2.05) is 27.7 Å². The molecule has 0 aliphatic carbocycles. The topological polar surface area (TPSA) is 76.7 Å². The first-order valence-corrected chi connectivity index (χ1v) is 10.7. The molecule has 0 bridgehead atoms. The van der Waals surface area contributed by atoms with Crippen LogP contribution < -0.4 is 10.6 Å². The Morgan fingerprint density at radius 2 is 1.07 bits per heavy atom. The van der Waals surface area contributed by atoms with Crippen LogP contribution in [0.25, 0.3) is 0 Å². The van der Waals surface area contributed by atoms with Crippen LogP contribution in [0.2, 0.25) is 0 Å². The first-order chi connectivity index (χ1) is 13.2. The van der Waals surface area contributed by atoms with Gasteiger partial charge in [-0.15, -0.1) is 0 Å². The van der Waals surface area contributed by atoms with Gasteiger partial charge in [-0.05, 0) is 79.6 Å². The van der Waals surface area contributed by atoms with Gasteiger partial charge in [0, 0.05) is 11.8 Å². The van der Waals surface area contributed by atoms with Crippen molar-refractivity contribution in [2.75, 3.05) is 26.2 Å². The van der Waals surface area contributed by atoms with Gasteiger partial charge in [-0.3, -0.25) is 9.59 Å². The van der Waals surface area contributed by atoms with E-state index in [9.17, 15) is 9.59 Å². The maximum atomic E-state index is 12.2. The Kier molecular flexibility index (Phi) is 8.50. The molecule has 28 heavy (non-hydrogen) atoms. The molecule has 0 aromatic heterocycles. The molecule has 2 aliphatic rings. The second kappa shape index (κ2) is 10.4. The van der Waals surface area contributed by atoms with Gasteiger partial charge >= 0.3 is 11.9 Å². The van der Waals surface area contributed by atoms with E-state index in [4.69, 9.17) is 9.47 Å². The molecule has 0 spiro atoms. The van der Waals surface area contributed by atoms with Crippen LogP contribution in [0.5, 0.6) is 0 Å². The smallest absolute Gasteiger partial charge is 0.310 e. The second-order valence-corrected chi connectivity index (χ2v) is 9.08. The number of carbonyl (C=O) groups is 2. The zero-order valence-electron chi connectivity index (χ0n) is 18.0. The lowest BCUT2D eigenvalue weighted by molar-refractivity contribution is -0.163. The molecule has 2 heterocycles. The molecule has 0 aromatic carbocycles. The van der Waals surface area contributed by atoms with E-state index in [0.29, 0.717) is 11.8 Å². The van der Waals surface area contributed by atoms with Crippen molar-refractivity contribution in [3.8, 4) is 0 Å². The zero-order valence-corrected chi connectivity index (χ0v) is 18.0. The predicted octanol–water partition coefficient (Wildman–Crippen LogP) is 2.97. The average Bonchev–Trinajstić information content (AvgIpc) is 2.66. The molecule has 6 nitrogen and oxygen atoms in total. The fourth-order valence-electron chi connectivity index (χ4n) is 4.23. The van der Waals surface area contributed by atoms with Crippen LogP contribution in [0, 0.1) is 11.8 Å². The SMILES string of the molecule is CC(C)(OC(=O)C/C=C/CC(=O)OC(C)(C)C1CCNCC1)C1CCNCC1. The summed E-state index contributed by atoms with van der Waals surface area (Å²) < 4.78 is 11.4. The summed E-state index contributed by atoms with van der Waals surface area (Å²) in [5, 5.41) is 6.66. The monoisotopic (exact) mass is 394 g/mol. The summed E-state index contributed by atoms with van der Waals surface area (Å²) in [6.07, 6.45) is 7.87. The van der Waals surface area contributed by atoms with Crippen LogP contribution in [0.3, 0.4) is 0 Å². The molecule has 2 saturated heterocycles. The van der Waals surface area contributed by atoms with Crippen molar-refractivity contribution in [3.63, 3.8) is 0 Å². The largest absolute Gasteiger partial charge is 0.459 e. The van der Waals surface area contributed by atoms with Crippen molar-refractivity contribution in [2.45, 2.75) is 77.4 Å². The van der Waals surface area contributed by atoms with Crippen molar-refractivity contribution < 1.29 is 19.1 Å². The minimum Gasteiger partial charge on any atom is -0.459 e. The molecule has 2 rings (SSSR count). The molecule has 2 aliphatic heterocycles. The van der Waals surface area contributed by atoms with Gasteiger partial charge in [0.2, 0.25) is 0 Å². The third-order valence-corrected chi connectivity index (χ3v) is 6.13. The summed E-state index contributed by atoms with van der Waals surface area (Å²) in [6.45, 7) is 11.9. The van der Waals surface area contributed by atoms with E-state index < -0.39 is 11.2 Å². The Balaban J connectivity index is 1.70. The van der Waals surface area contributed by atoms with Crippen LogP contribution >= 0.6 is 0 Å². The molecule has 0 amide bonds. The number of piperidine rings is 2. The lowest BCUT2D eigenvalue weighted by Crippen LogP contribution is -2.42. The Hall–Kier alpha value is -1.40. The van der Waals surface area contributed by atoms with Crippen LogP contribution in [-0.2, 0) is 19.1 Å². The molecular formula is C22H38N2O4. The quantitative estimate of drug-likeness (QED) is 0.487. The van der Waals surface area contributed by atoms with Gasteiger partial charge in [-0.25, -0.2) is 0 Å². The van der Waals surface area contributed by atoms with E-state index in [2.05, 4.69) is 10.6 Å². The third-order valence-electron chi connectivity index (χ3n) is 6.13. The number of carbonyl (C=O) groups excluding carboxylic acids is 2.